The molecule has 0 saturated carbocycles. The molecule has 4 heteroatoms. The molecule has 1 heterocycles. The fraction of sp³-hybridized carbons (Fsp3) is 0. The Kier molecular flexibility index (Phi) is 2.19. The summed E-state index contributed by atoms with van der Waals surface area (Å²) in [4.78, 5) is 7.89. The summed E-state index contributed by atoms with van der Waals surface area (Å²) >= 11 is 0. The van der Waals surface area contributed by atoms with Crippen molar-refractivity contribution in [3.63, 3.8) is 0 Å². The average Bonchev–Trinajstić information content (AvgIpc) is 2.23. The van der Waals surface area contributed by atoms with Crippen molar-refractivity contribution in [1.29, 1.82) is 0 Å². The lowest BCUT2D eigenvalue weighted by molar-refractivity contribution is 1.21. The van der Waals surface area contributed by atoms with Crippen LogP contribution in [0.5, 0.6) is 0 Å². The number of anilines is 1. The van der Waals surface area contributed by atoms with E-state index in [-0.39, 0.29) is 5.95 Å². The first-order chi connectivity index (χ1) is 6.77. The van der Waals surface area contributed by atoms with Gasteiger partial charge in [-0.2, -0.15) is 0 Å². The van der Waals surface area contributed by atoms with Crippen LogP contribution in [0.15, 0.2) is 36.5 Å². The molecular formula is C10H8BN3. The molecule has 1 aromatic heterocycles. The Morgan fingerprint density at radius 3 is 2.57 bits per heavy atom. The molecule has 14 heavy (non-hydrogen) atoms. The Morgan fingerprint density at radius 2 is 1.86 bits per heavy atom. The van der Waals surface area contributed by atoms with Crippen LogP contribution < -0.4 is 11.2 Å². The van der Waals surface area contributed by atoms with Crippen molar-refractivity contribution in [1.82, 2.24) is 9.97 Å². The molecule has 3 nitrogen and oxygen atoms in total. The third-order valence-corrected chi connectivity index (χ3v) is 1.88. The maximum absolute atomic E-state index is 5.74. The molecule has 0 fully saturated rings. The van der Waals surface area contributed by atoms with Crippen LogP contribution in [-0.2, 0) is 0 Å². The van der Waals surface area contributed by atoms with Crippen molar-refractivity contribution in [3.05, 3.63) is 36.5 Å². The second-order valence-corrected chi connectivity index (χ2v) is 2.90. The Hall–Kier alpha value is -1.84. The summed E-state index contributed by atoms with van der Waals surface area (Å²) in [7, 11) is 5.74. The number of aromatic nitrogens is 2. The van der Waals surface area contributed by atoms with Crippen molar-refractivity contribution in [2.45, 2.75) is 0 Å². The summed E-state index contributed by atoms with van der Waals surface area (Å²) in [5.74, 6) is 0.234. The quantitative estimate of drug-likeness (QED) is 0.652. The van der Waals surface area contributed by atoms with E-state index >= 15 is 0 Å². The molecule has 2 aromatic rings. The third-order valence-electron chi connectivity index (χ3n) is 1.88. The van der Waals surface area contributed by atoms with Crippen LogP contribution in [0.3, 0.4) is 0 Å². The van der Waals surface area contributed by atoms with Crippen molar-refractivity contribution >= 4 is 19.3 Å². The second kappa shape index (κ2) is 3.50. The number of nitrogen functional groups attached to an aromatic ring is 1. The van der Waals surface area contributed by atoms with E-state index in [0.717, 1.165) is 5.56 Å². The van der Waals surface area contributed by atoms with E-state index in [1.54, 1.807) is 0 Å². The molecule has 0 aliphatic carbocycles. The third kappa shape index (κ3) is 1.59. The van der Waals surface area contributed by atoms with Crippen molar-refractivity contribution in [2.24, 2.45) is 0 Å². The van der Waals surface area contributed by atoms with Gasteiger partial charge in [-0.3, -0.25) is 0 Å². The normalized spacial score (nSPS) is 10.0. The topological polar surface area (TPSA) is 51.8 Å². The van der Waals surface area contributed by atoms with Gasteiger partial charge >= 0.3 is 0 Å². The van der Waals surface area contributed by atoms with E-state index in [1.807, 2.05) is 30.3 Å². The summed E-state index contributed by atoms with van der Waals surface area (Å²) in [6, 6.07) is 9.64. The van der Waals surface area contributed by atoms with Gasteiger partial charge in [-0.05, 0) is 5.56 Å². The Balaban J connectivity index is 2.57. The summed E-state index contributed by atoms with van der Waals surface area (Å²) < 4.78 is 0. The minimum atomic E-state index is 0.234. The summed E-state index contributed by atoms with van der Waals surface area (Å²) in [5.41, 5.74) is 7.64. The minimum absolute atomic E-state index is 0.234. The number of hydrogen-bond acceptors (Lipinski definition) is 3. The first-order valence-electron chi connectivity index (χ1n) is 4.21. The molecule has 0 amide bonds. The molecular weight excluding hydrogens is 173 g/mol. The number of nitrogens with zero attached hydrogens (tertiary/aromatic N) is 2. The number of nitrogens with two attached hydrogens (primary N) is 1. The van der Waals surface area contributed by atoms with E-state index in [0.29, 0.717) is 11.2 Å². The molecule has 2 N–H and O–H groups in total. The molecule has 0 spiro atoms. The highest BCUT2D eigenvalue weighted by Gasteiger charge is 2.02. The number of hydrogen-bond donors (Lipinski definition) is 1. The predicted molar refractivity (Wildman–Crippen MR) is 57.3 cm³/mol. The van der Waals surface area contributed by atoms with Gasteiger partial charge < -0.3 is 5.73 Å². The summed E-state index contributed by atoms with van der Waals surface area (Å²) in [6.07, 6.45) is 1.52. The summed E-state index contributed by atoms with van der Waals surface area (Å²) in [5, 5.41) is 0. The molecule has 66 valence electrons. The molecule has 2 rings (SSSR count). The van der Waals surface area contributed by atoms with Crippen LogP contribution in [0.4, 0.5) is 5.95 Å². The lowest BCUT2D eigenvalue weighted by Crippen LogP contribution is -2.12. The highest BCUT2D eigenvalue weighted by molar-refractivity contribution is 6.35. The highest BCUT2D eigenvalue weighted by Crippen LogP contribution is 2.13. The maximum atomic E-state index is 5.74. The molecule has 2 radical (unpaired) electrons. The molecule has 0 unspecified atom stereocenters. The van der Waals surface area contributed by atoms with Crippen LogP contribution in [-0.4, -0.2) is 17.8 Å². The van der Waals surface area contributed by atoms with Gasteiger partial charge in [-0.1, -0.05) is 35.8 Å². The first-order valence-corrected chi connectivity index (χ1v) is 4.21. The van der Waals surface area contributed by atoms with E-state index < -0.39 is 0 Å². The molecule has 1 aromatic carbocycles. The van der Waals surface area contributed by atoms with Crippen LogP contribution in [0.2, 0.25) is 0 Å². The van der Waals surface area contributed by atoms with Gasteiger partial charge in [0.05, 0.1) is 5.69 Å². The van der Waals surface area contributed by atoms with E-state index in [2.05, 4.69) is 9.97 Å². The SMILES string of the molecule is [B]c1cnc(N)nc1-c1ccccc1. The van der Waals surface area contributed by atoms with Gasteiger partial charge in [-0.15, -0.1) is 0 Å². The second-order valence-electron chi connectivity index (χ2n) is 2.90. The maximum Gasteiger partial charge on any atom is 0.220 e. The highest BCUT2D eigenvalue weighted by atomic mass is 15.0. The first kappa shape index (κ1) is 8.75. The van der Waals surface area contributed by atoms with Gasteiger partial charge in [0.15, 0.2) is 0 Å². The lowest BCUT2D eigenvalue weighted by atomic mass is 9.93. The standard InChI is InChI=1S/C10H8BN3/c11-8-6-13-10(12)14-9(8)7-4-2-1-3-5-7/h1-6H,(H2,12,13,14). The lowest BCUT2D eigenvalue weighted by Gasteiger charge is -2.04. The van der Waals surface area contributed by atoms with Crippen LogP contribution in [0.1, 0.15) is 0 Å². The van der Waals surface area contributed by atoms with Crippen LogP contribution in [0, 0.1) is 0 Å². The Labute approximate surface area is 83.4 Å². The van der Waals surface area contributed by atoms with Crippen molar-refractivity contribution < 1.29 is 0 Å². The van der Waals surface area contributed by atoms with Gasteiger partial charge in [-0.25, -0.2) is 9.97 Å². The summed E-state index contributed by atoms with van der Waals surface area (Å²) in [6.45, 7) is 0. The average molecular weight is 181 g/mol. The zero-order valence-corrected chi connectivity index (χ0v) is 7.51. The molecule has 0 saturated heterocycles. The van der Waals surface area contributed by atoms with Crippen molar-refractivity contribution in [3.8, 4) is 11.3 Å². The van der Waals surface area contributed by atoms with E-state index in [4.69, 9.17) is 13.6 Å². The van der Waals surface area contributed by atoms with Gasteiger partial charge in [0.25, 0.3) is 0 Å². The molecule has 0 aliphatic heterocycles. The fourth-order valence-electron chi connectivity index (χ4n) is 1.23. The zero-order valence-electron chi connectivity index (χ0n) is 7.51. The van der Waals surface area contributed by atoms with Crippen molar-refractivity contribution in [2.75, 3.05) is 5.73 Å². The number of benzene rings is 1. The van der Waals surface area contributed by atoms with Crippen LogP contribution in [0.25, 0.3) is 11.3 Å². The van der Waals surface area contributed by atoms with Gasteiger partial charge in [0.1, 0.15) is 7.85 Å². The van der Waals surface area contributed by atoms with Gasteiger partial charge in [0.2, 0.25) is 5.95 Å². The number of rotatable bonds is 1. The largest absolute Gasteiger partial charge is 0.368 e. The van der Waals surface area contributed by atoms with Crippen LogP contribution >= 0.6 is 0 Å². The predicted octanol–water partition coefficient (Wildman–Crippen LogP) is 0.520. The fourth-order valence-corrected chi connectivity index (χ4v) is 1.23. The van der Waals surface area contributed by atoms with E-state index in [1.165, 1.54) is 6.20 Å². The zero-order chi connectivity index (χ0) is 9.97. The molecule has 0 bridgehead atoms. The van der Waals surface area contributed by atoms with E-state index in [9.17, 15) is 0 Å². The monoisotopic (exact) mass is 181 g/mol. The molecule has 0 aliphatic rings. The Morgan fingerprint density at radius 1 is 1.14 bits per heavy atom. The Bertz CT molecular complexity index is 442. The molecule has 0 atom stereocenters. The smallest absolute Gasteiger partial charge is 0.220 e. The van der Waals surface area contributed by atoms with Gasteiger partial charge in [0, 0.05) is 6.20 Å². The minimum Gasteiger partial charge on any atom is -0.368 e.